The van der Waals surface area contributed by atoms with Gasteiger partial charge in [-0.15, -0.1) is 0 Å². The number of aromatic nitrogens is 1. The second kappa shape index (κ2) is 6.31. The third-order valence-corrected chi connectivity index (χ3v) is 3.51. The number of rotatable bonds is 6. The molecule has 0 amide bonds. The van der Waals surface area contributed by atoms with Gasteiger partial charge in [0.05, 0.1) is 0 Å². The van der Waals surface area contributed by atoms with Crippen LogP contribution in [-0.2, 0) is 6.42 Å². The summed E-state index contributed by atoms with van der Waals surface area (Å²) in [6, 6.07) is 10.3. The highest BCUT2D eigenvalue weighted by Gasteiger charge is 2.20. The van der Waals surface area contributed by atoms with E-state index in [1.54, 1.807) is 36.7 Å². The Kier molecular flexibility index (Phi) is 4.05. The number of nitrogens with zero attached hydrogens (tertiary/aromatic N) is 1. The van der Waals surface area contributed by atoms with E-state index in [4.69, 9.17) is 0 Å². The lowest BCUT2D eigenvalue weighted by molar-refractivity contribution is 0.475. The molecule has 6 heteroatoms. The van der Waals surface area contributed by atoms with E-state index in [-0.39, 0.29) is 11.4 Å². The molecule has 0 atom stereocenters. The van der Waals surface area contributed by atoms with Crippen molar-refractivity contribution in [3.8, 4) is 5.75 Å². The first-order valence-corrected chi connectivity index (χ1v) is 7.17. The third kappa shape index (κ3) is 3.21. The number of hydrogen-bond donors (Lipinski definition) is 3. The average molecular weight is 309 g/mol. The molecule has 0 spiro atoms. The molecule has 0 radical (unpaired) electrons. The molecule has 3 N–H and O–H groups in total. The molecule has 0 bridgehead atoms. The van der Waals surface area contributed by atoms with Crippen molar-refractivity contribution >= 4 is 17.1 Å². The van der Waals surface area contributed by atoms with Crippen LogP contribution in [0, 0.1) is 0 Å². The van der Waals surface area contributed by atoms with Crippen LogP contribution in [0.5, 0.6) is 5.75 Å². The molecule has 0 unspecified atom stereocenters. The van der Waals surface area contributed by atoms with Crippen LogP contribution in [-0.4, -0.2) is 16.6 Å². The Hall–Kier alpha value is -3.15. The molecule has 1 heterocycles. The quantitative estimate of drug-likeness (QED) is 0.601. The minimum atomic E-state index is -0.519. The van der Waals surface area contributed by atoms with Gasteiger partial charge in [0.2, 0.25) is 0 Å². The molecular formula is C17H15N3O3. The van der Waals surface area contributed by atoms with Crippen LogP contribution < -0.4 is 21.5 Å². The SMILES string of the molecule is O=c1c(NCCc2ccc(O)cc2)c(Nc2ccncc2)c1=O. The van der Waals surface area contributed by atoms with Gasteiger partial charge in [0.1, 0.15) is 17.1 Å². The summed E-state index contributed by atoms with van der Waals surface area (Å²) in [5, 5.41) is 15.2. The predicted octanol–water partition coefficient (Wildman–Crippen LogP) is 1.78. The standard InChI is InChI=1S/C17H15N3O3/c21-13-3-1-11(2-4-13)5-10-19-14-15(17(23)16(14)22)20-12-6-8-18-9-7-12/h1-4,6-9,19,21H,5,10H2,(H,18,20). The smallest absolute Gasteiger partial charge is 0.253 e. The van der Waals surface area contributed by atoms with Crippen molar-refractivity contribution in [2.45, 2.75) is 6.42 Å². The lowest BCUT2D eigenvalue weighted by Crippen LogP contribution is -2.37. The van der Waals surface area contributed by atoms with Gasteiger partial charge >= 0.3 is 0 Å². The molecule has 116 valence electrons. The molecule has 0 fully saturated rings. The fraction of sp³-hybridized carbons (Fsp3) is 0.118. The van der Waals surface area contributed by atoms with E-state index >= 15 is 0 Å². The molecule has 0 saturated heterocycles. The zero-order chi connectivity index (χ0) is 16.2. The first-order chi connectivity index (χ1) is 11.1. The van der Waals surface area contributed by atoms with Gasteiger partial charge < -0.3 is 15.7 Å². The first-order valence-electron chi connectivity index (χ1n) is 7.17. The molecule has 1 aromatic heterocycles. The fourth-order valence-electron chi connectivity index (χ4n) is 2.25. The zero-order valence-electron chi connectivity index (χ0n) is 12.2. The van der Waals surface area contributed by atoms with Crippen LogP contribution in [0.3, 0.4) is 0 Å². The summed E-state index contributed by atoms with van der Waals surface area (Å²) in [7, 11) is 0. The van der Waals surface area contributed by atoms with Crippen molar-refractivity contribution in [2.75, 3.05) is 17.2 Å². The topological polar surface area (TPSA) is 91.3 Å². The lowest BCUT2D eigenvalue weighted by Gasteiger charge is -2.14. The summed E-state index contributed by atoms with van der Waals surface area (Å²) in [5.41, 5.74) is 1.30. The third-order valence-electron chi connectivity index (χ3n) is 3.51. The highest BCUT2D eigenvalue weighted by atomic mass is 16.3. The van der Waals surface area contributed by atoms with Crippen LogP contribution in [0.1, 0.15) is 5.56 Å². The Morgan fingerprint density at radius 3 is 2.26 bits per heavy atom. The minimum Gasteiger partial charge on any atom is -0.508 e. The molecule has 0 aliphatic rings. The normalized spacial score (nSPS) is 10.6. The maximum Gasteiger partial charge on any atom is 0.253 e. The Balaban J connectivity index is 1.64. The van der Waals surface area contributed by atoms with Gasteiger partial charge in [-0.3, -0.25) is 14.6 Å². The maximum atomic E-state index is 11.7. The molecule has 6 nitrogen and oxygen atoms in total. The Morgan fingerprint density at radius 1 is 0.913 bits per heavy atom. The lowest BCUT2D eigenvalue weighted by atomic mass is 10.1. The van der Waals surface area contributed by atoms with Gasteiger partial charge in [-0.1, -0.05) is 12.1 Å². The van der Waals surface area contributed by atoms with Crippen LogP contribution >= 0.6 is 0 Å². The molecule has 0 aliphatic heterocycles. The van der Waals surface area contributed by atoms with E-state index < -0.39 is 10.9 Å². The summed E-state index contributed by atoms with van der Waals surface area (Å²) in [5.74, 6) is 0.216. The van der Waals surface area contributed by atoms with E-state index in [1.165, 1.54) is 0 Å². The maximum absolute atomic E-state index is 11.7. The van der Waals surface area contributed by atoms with E-state index in [2.05, 4.69) is 15.6 Å². The highest BCUT2D eigenvalue weighted by Crippen LogP contribution is 2.20. The summed E-state index contributed by atoms with van der Waals surface area (Å²) < 4.78 is 0. The van der Waals surface area contributed by atoms with Crippen LogP contribution in [0.2, 0.25) is 0 Å². The van der Waals surface area contributed by atoms with Gasteiger partial charge in [0.15, 0.2) is 0 Å². The zero-order valence-corrected chi connectivity index (χ0v) is 12.2. The van der Waals surface area contributed by atoms with Crippen molar-refractivity contribution < 1.29 is 5.11 Å². The van der Waals surface area contributed by atoms with Crippen LogP contribution in [0.25, 0.3) is 0 Å². The van der Waals surface area contributed by atoms with E-state index in [0.29, 0.717) is 24.3 Å². The summed E-state index contributed by atoms with van der Waals surface area (Å²) >= 11 is 0. The van der Waals surface area contributed by atoms with Gasteiger partial charge in [-0.2, -0.15) is 0 Å². The Morgan fingerprint density at radius 2 is 1.57 bits per heavy atom. The number of hydrogen-bond acceptors (Lipinski definition) is 6. The summed E-state index contributed by atoms with van der Waals surface area (Å²) in [6.45, 7) is 0.515. The van der Waals surface area contributed by atoms with Crippen molar-refractivity contribution in [1.29, 1.82) is 0 Å². The molecule has 3 aromatic rings. The van der Waals surface area contributed by atoms with Crippen LogP contribution in [0.15, 0.2) is 58.4 Å². The number of benzene rings is 1. The number of aromatic hydroxyl groups is 1. The predicted molar refractivity (Wildman–Crippen MR) is 89.2 cm³/mol. The van der Waals surface area contributed by atoms with E-state index in [1.807, 2.05) is 12.1 Å². The van der Waals surface area contributed by atoms with Gasteiger partial charge in [0.25, 0.3) is 10.9 Å². The monoisotopic (exact) mass is 309 g/mol. The van der Waals surface area contributed by atoms with E-state index in [9.17, 15) is 14.7 Å². The molecule has 3 rings (SSSR count). The highest BCUT2D eigenvalue weighted by molar-refractivity contribution is 5.78. The van der Waals surface area contributed by atoms with Gasteiger partial charge in [0, 0.05) is 24.6 Å². The van der Waals surface area contributed by atoms with Crippen LogP contribution in [0.4, 0.5) is 17.1 Å². The first kappa shape index (κ1) is 14.8. The average Bonchev–Trinajstić information content (AvgIpc) is 2.59. The Labute approximate surface area is 132 Å². The molecule has 2 aromatic carbocycles. The van der Waals surface area contributed by atoms with Crippen molar-refractivity contribution in [3.63, 3.8) is 0 Å². The number of phenols is 1. The van der Waals surface area contributed by atoms with E-state index in [0.717, 1.165) is 5.56 Å². The second-order valence-electron chi connectivity index (χ2n) is 5.11. The van der Waals surface area contributed by atoms with Gasteiger partial charge in [-0.05, 0) is 36.2 Å². The number of pyridine rings is 1. The fourth-order valence-corrected chi connectivity index (χ4v) is 2.25. The second-order valence-corrected chi connectivity index (χ2v) is 5.11. The molecule has 0 saturated carbocycles. The summed E-state index contributed by atoms with van der Waals surface area (Å²) in [4.78, 5) is 27.3. The minimum absolute atomic E-state index is 0.216. The molecule has 23 heavy (non-hydrogen) atoms. The summed E-state index contributed by atoms with van der Waals surface area (Å²) in [6.07, 6.45) is 3.88. The number of nitrogens with one attached hydrogen (secondary N) is 2. The number of phenolic OH excluding ortho intramolecular Hbond substituents is 1. The van der Waals surface area contributed by atoms with Crippen molar-refractivity contribution in [2.24, 2.45) is 0 Å². The molecule has 0 aliphatic carbocycles. The van der Waals surface area contributed by atoms with Crippen molar-refractivity contribution in [3.05, 3.63) is 74.8 Å². The largest absolute Gasteiger partial charge is 0.508 e. The Bertz CT molecular complexity index is 866. The van der Waals surface area contributed by atoms with Crippen molar-refractivity contribution in [1.82, 2.24) is 4.98 Å². The van der Waals surface area contributed by atoms with Gasteiger partial charge in [-0.25, -0.2) is 0 Å². The number of anilines is 3. The molecular weight excluding hydrogens is 294 g/mol.